The van der Waals surface area contributed by atoms with E-state index >= 15 is 0 Å². The molecule has 6 rings (SSSR count). The van der Waals surface area contributed by atoms with Gasteiger partial charge in [0, 0.05) is 56.2 Å². The molecule has 1 atom stereocenters. The molecule has 1 saturated heterocycles. The topological polar surface area (TPSA) is 119 Å². The molecule has 2 amide bonds. The number of methoxy groups -OCH3 is 1. The largest absolute Gasteiger partial charge is 0.456 e. The van der Waals surface area contributed by atoms with Gasteiger partial charge in [0.05, 0.1) is 29.1 Å². The Labute approximate surface area is 280 Å². The van der Waals surface area contributed by atoms with Crippen LogP contribution in [0, 0.1) is 6.92 Å². The predicted octanol–water partition coefficient (Wildman–Crippen LogP) is 5.52. The second-order valence-electron chi connectivity index (χ2n) is 13.3. The zero-order valence-corrected chi connectivity index (χ0v) is 28.1. The number of amides is 2. The molecule has 1 N–H and O–H groups in total. The molecule has 48 heavy (non-hydrogen) atoms. The summed E-state index contributed by atoms with van der Waals surface area (Å²) in [6.07, 6.45) is 7.62. The molecule has 0 saturated carbocycles. The third-order valence-electron chi connectivity index (χ3n) is 8.78. The van der Waals surface area contributed by atoms with Gasteiger partial charge in [-0.2, -0.15) is 5.10 Å². The molecule has 250 valence electrons. The minimum atomic E-state index is -0.894. The van der Waals surface area contributed by atoms with E-state index in [0.29, 0.717) is 29.8 Å². The molecule has 0 spiro atoms. The fourth-order valence-electron chi connectivity index (χ4n) is 6.43. The number of rotatable bonds is 7. The molecule has 2 aromatic carbocycles. The summed E-state index contributed by atoms with van der Waals surface area (Å²) in [5, 5.41) is 7.45. The number of nitrogens with zero attached hydrogens (tertiary/aromatic N) is 5. The van der Waals surface area contributed by atoms with E-state index < -0.39 is 17.6 Å². The second kappa shape index (κ2) is 13.6. The van der Waals surface area contributed by atoms with Crippen molar-refractivity contribution in [2.75, 3.05) is 37.0 Å². The Kier molecular flexibility index (Phi) is 9.32. The van der Waals surface area contributed by atoms with Crippen molar-refractivity contribution in [2.24, 2.45) is 0 Å². The average Bonchev–Trinajstić information content (AvgIpc) is 3.57. The third kappa shape index (κ3) is 7.11. The van der Waals surface area contributed by atoms with Gasteiger partial charge in [0.2, 0.25) is 0 Å². The van der Waals surface area contributed by atoms with Crippen LogP contribution in [-0.4, -0.2) is 75.9 Å². The number of hydrogen-bond acceptors (Lipinski definition) is 8. The van der Waals surface area contributed by atoms with Gasteiger partial charge in [-0.15, -0.1) is 0 Å². The molecular formula is C37H42N6O5. The lowest BCUT2D eigenvalue weighted by Gasteiger charge is -2.40. The minimum Gasteiger partial charge on any atom is -0.456 e. The van der Waals surface area contributed by atoms with Crippen molar-refractivity contribution in [2.45, 2.75) is 64.7 Å². The van der Waals surface area contributed by atoms with E-state index in [4.69, 9.17) is 9.47 Å². The zero-order chi connectivity index (χ0) is 34.0. The van der Waals surface area contributed by atoms with Gasteiger partial charge >= 0.3 is 5.97 Å². The van der Waals surface area contributed by atoms with Gasteiger partial charge in [-0.1, -0.05) is 12.1 Å². The Morgan fingerprint density at radius 2 is 1.71 bits per heavy atom. The molecule has 2 aliphatic rings. The van der Waals surface area contributed by atoms with Gasteiger partial charge in [0.25, 0.3) is 11.8 Å². The Bertz CT molecular complexity index is 1800. The molecule has 1 fully saturated rings. The van der Waals surface area contributed by atoms with Crippen molar-refractivity contribution in [1.82, 2.24) is 19.7 Å². The van der Waals surface area contributed by atoms with E-state index in [1.54, 1.807) is 53.4 Å². The maximum Gasteiger partial charge on any atom is 0.338 e. The molecule has 0 aliphatic carbocycles. The first-order chi connectivity index (χ1) is 23.0. The van der Waals surface area contributed by atoms with E-state index in [1.165, 1.54) is 6.20 Å². The summed E-state index contributed by atoms with van der Waals surface area (Å²) in [6, 6.07) is 15.4. The van der Waals surface area contributed by atoms with E-state index in [0.717, 1.165) is 54.1 Å². The first kappa shape index (κ1) is 32.9. The summed E-state index contributed by atoms with van der Waals surface area (Å²) < 4.78 is 12.7. The molecule has 4 aromatic rings. The highest BCUT2D eigenvalue weighted by atomic mass is 16.6. The van der Waals surface area contributed by atoms with Crippen LogP contribution >= 0.6 is 0 Å². The number of fused-ring (bicyclic) bond motifs is 1. The van der Waals surface area contributed by atoms with E-state index in [9.17, 15) is 14.4 Å². The third-order valence-corrected chi connectivity index (χ3v) is 8.78. The van der Waals surface area contributed by atoms with Crippen molar-refractivity contribution in [1.29, 1.82) is 0 Å². The first-order valence-electron chi connectivity index (χ1n) is 16.3. The van der Waals surface area contributed by atoms with Crippen LogP contribution in [0.25, 0.3) is 5.69 Å². The predicted molar refractivity (Wildman–Crippen MR) is 183 cm³/mol. The van der Waals surface area contributed by atoms with Crippen molar-refractivity contribution in [3.05, 3.63) is 101 Å². The first-order valence-corrected chi connectivity index (χ1v) is 16.3. The number of carbonyl (C=O) groups excluding carboxylic acids is 3. The summed E-state index contributed by atoms with van der Waals surface area (Å²) >= 11 is 0. The molecule has 11 nitrogen and oxygen atoms in total. The van der Waals surface area contributed by atoms with Crippen LogP contribution in [0.4, 0.5) is 11.4 Å². The number of aromatic nitrogens is 3. The lowest BCUT2D eigenvalue weighted by atomic mass is 9.89. The highest BCUT2D eigenvalue weighted by Gasteiger charge is 2.38. The summed E-state index contributed by atoms with van der Waals surface area (Å²) in [5.41, 5.74) is 5.22. The molecule has 2 aliphatic heterocycles. The van der Waals surface area contributed by atoms with Gasteiger partial charge in [0.1, 0.15) is 11.6 Å². The average molecular weight is 651 g/mol. The number of anilines is 2. The minimum absolute atomic E-state index is 0.242. The van der Waals surface area contributed by atoms with Crippen LogP contribution in [-0.2, 0) is 20.7 Å². The second-order valence-corrected chi connectivity index (χ2v) is 13.3. The van der Waals surface area contributed by atoms with E-state index in [-0.39, 0.29) is 17.9 Å². The van der Waals surface area contributed by atoms with Gasteiger partial charge in [0.15, 0.2) is 0 Å². The number of benzene rings is 2. The fraction of sp³-hybridized carbons (Fsp3) is 0.378. The molecule has 4 heterocycles. The lowest BCUT2D eigenvalue weighted by molar-refractivity contribution is -0.121. The number of carbonyl (C=O) groups is 3. The van der Waals surface area contributed by atoms with Crippen molar-refractivity contribution < 1.29 is 23.9 Å². The smallest absolute Gasteiger partial charge is 0.338 e. The van der Waals surface area contributed by atoms with Crippen molar-refractivity contribution >= 4 is 29.2 Å². The van der Waals surface area contributed by atoms with Gasteiger partial charge in [-0.05, 0) is 101 Å². The van der Waals surface area contributed by atoms with Crippen LogP contribution < -0.4 is 10.2 Å². The van der Waals surface area contributed by atoms with Gasteiger partial charge in [-0.3, -0.25) is 14.6 Å². The van der Waals surface area contributed by atoms with Crippen molar-refractivity contribution in [3.63, 3.8) is 0 Å². The van der Waals surface area contributed by atoms with Crippen molar-refractivity contribution in [3.8, 4) is 5.69 Å². The maximum atomic E-state index is 14.3. The Morgan fingerprint density at radius 1 is 0.958 bits per heavy atom. The summed E-state index contributed by atoms with van der Waals surface area (Å²) in [7, 11) is 1.76. The zero-order valence-electron chi connectivity index (χ0n) is 28.1. The number of aryl methyl sites for hydroxylation is 1. The molecule has 1 unspecified atom stereocenters. The summed E-state index contributed by atoms with van der Waals surface area (Å²) in [5.74, 6) is -1.07. The highest BCUT2D eigenvalue weighted by molar-refractivity contribution is 6.02. The Hall–Kier alpha value is -5.03. The summed E-state index contributed by atoms with van der Waals surface area (Å²) in [6.45, 7) is 9.39. The SMILES string of the molecule is COC1CCN(c2cccc3c2CCN(C(=O)c2cnn(-c4ccnc(C)c4)c2)C3C(=O)Nc2ccc(C(=O)OC(C)(C)C)cc2)CC1. The summed E-state index contributed by atoms with van der Waals surface area (Å²) in [4.78, 5) is 49.2. The quantitative estimate of drug-likeness (QED) is 0.260. The molecule has 2 aromatic heterocycles. The Balaban J connectivity index is 1.31. The van der Waals surface area contributed by atoms with Gasteiger partial charge < -0.3 is 24.6 Å². The van der Waals surface area contributed by atoms with Crippen LogP contribution in [0.5, 0.6) is 0 Å². The molecule has 11 heteroatoms. The highest BCUT2D eigenvalue weighted by Crippen LogP contribution is 2.38. The number of hydrogen-bond donors (Lipinski definition) is 1. The van der Waals surface area contributed by atoms with Crippen LogP contribution in [0.15, 0.2) is 73.2 Å². The van der Waals surface area contributed by atoms with Gasteiger partial charge in [-0.25, -0.2) is 9.48 Å². The number of esters is 1. The van der Waals surface area contributed by atoms with E-state index in [1.807, 2.05) is 52.0 Å². The normalized spacial score (nSPS) is 16.7. The number of ether oxygens (including phenoxy) is 2. The molecule has 0 bridgehead atoms. The lowest BCUT2D eigenvalue weighted by Crippen LogP contribution is -2.46. The van der Waals surface area contributed by atoms with Crippen LogP contribution in [0.1, 0.15) is 77.2 Å². The monoisotopic (exact) mass is 650 g/mol. The standard InChI is InChI=1S/C37H42N6O5/c1-24-21-28(13-17-38-24)43-23-26(22-39-43)35(45)42-20-16-30-31(7-6-8-32(30)41-18-14-29(47-5)15-19-41)33(42)34(44)40-27-11-9-25(10-12-27)36(46)48-37(2,3)4/h6-13,17,21-23,29,33H,14-16,18-20H2,1-5H3,(H,40,44). The van der Waals surface area contributed by atoms with E-state index in [2.05, 4.69) is 26.4 Å². The number of piperidine rings is 1. The van der Waals surface area contributed by atoms with Crippen LogP contribution in [0.2, 0.25) is 0 Å². The maximum absolute atomic E-state index is 14.3. The van der Waals surface area contributed by atoms with Crippen LogP contribution in [0.3, 0.4) is 0 Å². The molecule has 0 radical (unpaired) electrons. The fourth-order valence-corrected chi connectivity index (χ4v) is 6.43. The molecular weight excluding hydrogens is 608 g/mol. The number of nitrogens with one attached hydrogen (secondary N) is 1. The Morgan fingerprint density at radius 3 is 2.40 bits per heavy atom. The number of pyridine rings is 1.